The quantitative estimate of drug-likeness (QED) is 0.869. The van der Waals surface area contributed by atoms with Crippen molar-refractivity contribution in [1.82, 2.24) is 10.3 Å². The number of para-hydroxylation sites is 1. The highest BCUT2D eigenvalue weighted by Crippen LogP contribution is 2.25. The van der Waals surface area contributed by atoms with Crippen LogP contribution in [0.4, 0.5) is 0 Å². The van der Waals surface area contributed by atoms with Crippen molar-refractivity contribution in [2.24, 2.45) is 0 Å². The van der Waals surface area contributed by atoms with E-state index in [0.717, 1.165) is 18.0 Å². The molecule has 0 aliphatic carbocycles. The summed E-state index contributed by atoms with van der Waals surface area (Å²) in [5, 5.41) is 3.53. The van der Waals surface area contributed by atoms with Gasteiger partial charge in [-0.05, 0) is 45.4 Å². The van der Waals surface area contributed by atoms with Gasteiger partial charge in [-0.2, -0.15) is 0 Å². The van der Waals surface area contributed by atoms with Gasteiger partial charge in [0.15, 0.2) is 0 Å². The molecular weight excluding hydrogens is 260 g/mol. The Kier molecular flexibility index (Phi) is 5.34. The summed E-state index contributed by atoms with van der Waals surface area (Å²) in [6.07, 6.45) is 2.10. The fourth-order valence-electron chi connectivity index (χ4n) is 2.18. The summed E-state index contributed by atoms with van der Waals surface area (Å²) in [5.41, 5.74) is 3.42. The number of ether oxygens (including phenoxy) is 1. The molecule has 112 valence electrons. The molecule has 0 fully saturated rings. The third-order valence-electron chi connectivity index (χ3n) is 3.33. The number of pyridine rings is 1. The SMILES string of the molecule is Cc1ccc(CNC(C)c2ccccc2OC(C)C)cn1. The molecule has 0 aliphatic rings. The maximum atomic E-state index is 5.88. The maximum absolute atomic E-state index is 5.88. The lowest BCUT2D eigenvalue weighted by molar-refractivity contribution is 0.238. The molecule has 1 atom stereocenters. The number of rotatable bonds is 6. The lowest BCUT2D eigenvalue weighted by Gasteiger charge is -2.20. The molecule has 1 aromatic heterocycles. The van der Waals surface area contributed by atoms with E-state index >= 15 is 0 Å². The van der Waals surface area contributed by atoms with Crippen molar-refractivity contribution in [1.29, 1.82) is 0 Å². The van der Waals surface area contributed by atoms with Crippen molar-refractivity contribution in [3.63, 3.8) is 0 Å². The van der Waals surface area contributed by atoms with Gasteiger partial charge in [0.25, 0.3) is 0 Å². The number of nitrogens with one attached hydrogen (secondary N) is 1. The molecule has 1 aromatic carbocycles. The van der Waals surface area contributed by atoms with E-state index in [4.69, 9.17) is 4.74 Å². The van der Waals surface area contributed by atoms with E-state index in [0.29, 0.717) is 0 Å². The normalized spacial score (nSPS) is 12.4. The minimum atomic E-state index is 0.180. The Hall–Kier alpha value is -1.87. The Morgan fingerprint density at radius 3 is 2.52 bits per heavy atom. The van der Waals surface area contributed by atoms with Crippen LogP contribution < -0.4 is 10.1 Å². The lowest BCUT2D eigenvalue weighted by atomic mass is 10.1. The summed E-state index contributed by atoms with van der Waals surface area (Å²) in [6.45, 7) is 9.05. The van der Waals surface area contributed by atoms with Crippen LogP contribution in [0.2, 0.25) is 0 Å². The van der Waals surface area contributed by atoms with E-state index in [2.05, 4.69) is 29.4 Å². The standard InChI is InChI=1S/C18H24N2O/c1-13(2)21-18-8-6-5-7-17(18)15(4)20-12-16-10-9-14(3)19-11-16/h5-11,13,15,20H,12H2,1-4H3. The van der Waals surface area contributed by atoms with E-state index < -0.39 is 0 Å². The fourth-order valence-corrected chi connectivity index (χ4v) is 2.18. The Balaban J connectivity index is 2.03. The second-order valence-electron chi connectivity index (χ2n) is 5.61. The number of aromatic nitrogens is 1. The largest absolute Gasteiger partial charge is 0.491 e. The molecule has 3 nitrogen and oxygen atoms in total. The van der Waals surface area contributed by atoms with Crippen LogP contribution in [-0.2, 0) is 6.54 Å². The molecule has 2 aromatic rings. The van der Waals surface area contributed by atoms with Gasteiger partial charge < -0.3 is 10.1 Å². The molecule has 3 heteroatoms. The first-order valence-electron chi connectivity index (χ1n) is 7.46. The molecule has 21 heavy (non-hydrogen) atoms. The predicted molar refractivity (Wildman–Crippen MR) is 86.4 cm³/mol. The van der Waals surface area contributed by atoms with Crippen LogP contribution in [-0.4, -0.2) is 11.1 Å². The highest BCUT2D eigenvalue weighted by atomic mass is 16.5. The number of aryl methyl sites for hydroxylation is 1. The number of benzene rings is 1. The molecule has 1 heterocycles. The summed E-state index contributed by atoms with van der Waals surface area (Å²) >= 11 is 0. The zero-order valence-electron chi connectivity index (χ0n) is 13.3. The molecule has 1 unspecified atom stereocenters. The number of hydrogen-bond donors (Lipinski definition) is 1. The summed E-state index contributed by atoms with van der Waals surface area (Å²) in [5.74, 6) is 0.953. The van der Waals surface area contributed by atoms with Crippen LogP contribution in [0, 0.1) is 6.92 Å². The van der Waals surface area contributed by atoms with Crippen molar-refractivity contribution in [2.75, 3.05) is 0 Å². The van der Waals surface area contributed by atoms with Gasteiger partial charge in [0.05, 0.1) is 6.10 Å². The number of nitrogens with zero attached hydrogens (tertiary/aromatic N) is 1. The average Bonchev–Trinajstić information content (AvgIpc) is 2.46. The van der Waals surface area contributed by atoms with Gasteiger partial charge in [0.1, 0.15) is 5.75 Å². The van der Waals surface area contributed by atoms with Gasteiger partial charge in [0, 0.05) is 30.0 Å². The van der Waals surface area contributed by atoms with Crippen molar-refractivity contribution < 1.29 is 4.74 Å². The first-order valence-corrected chi connectivity index (χ1v) is 7.46. The van der Waals surface area contributed by atoms with E-state index in [1.54, 1.807) is 0 Å². The van der Waals surface area contributed by atoms with Crippen LogP contribution in [0.3, 0.4) is 0 Å². The van der Waals surface area contributed by atoms with Gasteiger partial charge in [-0.3, -0.25) is 4.98 Å². The monoisotopic (exact) mass is 284 g/mol. The highest BCUT2D eigenvalue weighted by molar-refractivity contribution is 5.35. The Morgan fingerprint density at radius 1 is 1.10 bits per heavy atom. The second kappa shape index (κ2) is 7.23. The molecule has 0 saturated heterocycles. The summed E-state index contributed by atoms with van der Waals surface area (Å²) in [6, 6.07) is 12.6. The summed E-state index contributed by atoms with van der Waals surface area (Å²) in [4.78, 5) is 4.32. The van der Waals surface area contributed by atoms with Crippen molar-refractivity contribution in [3.8, 4) is 5.75 Å². The van der Waals surface area contributed by atoms with E-state index in [-0.39, 0.29) is 12.1 Å². The molecule has 0 saturated carbocycles. The predicted octanol–water partition coefficient (Wildman–Crippen LogP) is 4.03. The molecule has 1 N–H and O–H groups in total. The fraction of sp³-hybridized carbons (Fsp3) is 0.389. The first kappa shape index (κ1) is 15.5. The van der Waals surface area contributed by atoms with Gasteiger partial charge in [-0.1, -0.05) is 24.3 Å². The molecule has 0 spiro atoms. The second-order valence-corrected chi connectivity index (χ2v) is 5.61. The molecule has 0 amide bonds. The molecule has 0 bridgehead atoms. The van der Waals surface area contributed by atoms with Crippen LogP contribution >= 0.6 is 0 Å². The Morgan fingerprint density at radius 2 is 1.86 bits per heavy atom. The van der Waals surface area contributed by atoms with E-state index in [1.807, 2.05) is 51.2 Å². The van der Waals surface area contributed by atoms with Crippen LogP contribution in [0.5, 0.6) is 5.75 Å². The minimum Gasteiger partial charge on any atom is -0.491 e. The summed E-state index contributed by atoms with van der Waals surface area (Å²) in [7, 11) is 0. The number of hydrogen-bond acceptors (Lipinski definition) is 3. The van der Waals surface area contributed by atoms with Crippen LogP contribution in [0.15, 0.2) is 42.6 Å². The third-order valence-corrected chi connectivity index (χ3v) is 3.33. The molecular formula is C18H24N2O. The summed E-state index contributed by atoms with van der Waals surface area (Å²) < 4.78 is 5.88. The Bertz CT molecular complexity index is 564. The zero-order chi connectivity index (χ0) is 15.2. The van der Waals surface area contributed by atoms with Crippen molar-refractivity contribution >= 4 is 0 Å². The smallest absolute Gasteiger partial charge is 0.124 e. The van der Waals surface area contributed by atoms with Gasteiger partial charge >= 0.3 is 0 Å². The van der Waals surface area contributed by atoms with Crippen molar-refractivity contribution in [3.05, 3.63) is 59.4 Å². The topological polar surface area (TPSA) is 34.1 Å². The molecule has 2 rings (SSSR count). The molecule has 0 radical (unpaired) electrons. The lowest BCUT2D eigenvalue weighted by Crippen LogP contribution is -2.19. The average molecular weight is 284 g/mol. The molecule has 0 aliphatic heterocycles. The zero-order valence-corrected chi connectivity index (χ0v) is 13.3. The van der Waals surface area contributed by atoms with Crippen LogP contribution in [0.25, 0.3) is 0 Å². The Labute approximate surface area is 127 Å². The van der Waals surface area contributed by atoms with Crippen LogP contribution in [0.1, 0.15) is 43.6 Å². The van der Waals surface area contributed by atoms with E-state index in [9.17, 15) is 0 Å². The maximum Gasteiger partial charge on any atom is 0.124 e. The first-order chi connectivity index (χ1) is 10.1. The third kappa shape index (κ3) is 4.57. The van der Waals surface area contributed by atoms with Gasteiger partial charge in [-0.25, -0.2) is 0 Å². The minimum absolute atomic E-state index is 0.180. The van der Waals surface area contributed by atoms with Gasteiger partial charge in [0.2, 0.25) is 0 Å². The van der Waals surface area contributed by atoms with Gasteiger partial charge in [-0.15, -0.1) is 0 Å². The van der Waals surface area contributed by atoms with E-state index in [1.165, 1.54) is 11.1 Å². The van der Waals surface area contributed by atoms with Crippen molar-refractivity contribution in [2.45, 2.75) is 46.4 Å². The highest BCUT2D eigenvalue weighted by Gasteiger charge is 2.11.